The lowest BCUT2D eigenvalue weighted by Gasteiger charge is -2.24. The summed E-state index contributed by atoms with van der Waals surface area (Å²) in [4.78, 5) is 26.3. The minimum atomic E-state index is -0.844. The van der Waals surface area contributed by atoms with Crippen LogP contribution in [0.4, 0.5) is 10.2 Å². The average molecular weight is 341 g/mol. The fraction of sp³-hybridized carbons (Fsp3) is 0.294. The SMILES string of the molecule is Cn1ncc(C#N)c1NC(=O)C(=O)N1CCC[C@@H]1c1cccc(F)c1. The van der Waals surface area contributed by atoms with Gasteiger partial charge in [0.25, 0.3) is 0 Å². The Labute approximate surface area is 143 Å². The molecule has 2 amide bonds. The van der Waals surface area contributed by atoms with Crippen LogP contribution in [0.1, 0.15) is 30.0 Å². The summed E-state index contributed by atoms with van der Waals surface area (Å²) in [7, 11) is 1.56. The van der Waals surface area contributed by atoms with Gasteiger partial charge < -0.3 is 10.2 Å². The first-order valence-electron chi connectivity index (χ1n) is 7.80. The molecule has 0 aliphatic carbocycles. The van der Waals surface area contributed by atoms with Crippen LogP contribution in [0.2, 0.25) is 0 Å². The van der Waals surface area contributed by atoms with E-state index in [1.165, 1.54) is 27.9 Å². The number of nitrogens with one attached hydrogen (secondary N) is 1. The first-order valence-corrected chi connectivity index (χ1v) is 7.80. The van der Waals surface area contributed by atoms with Crippen LogP contribution in [0.25, 0.3) is 0 Å². The van der Waals surface area contributed by atoms with Crippen molar-refractivity contribution in [2.75, 3.05) is 11.9 Å². The number of halogens is 1. The highest BCUT2D eigenvalue weighted by molar-refractivity contribution is 6.39. The molecule has 1 atom stereocenters. The predicted octanol–water partition coefficient (Wildman–Crippen LogP) is 1.73. The summed E-state index contributed by atoms with van der Waals surface area (Å²) in [5, 5.41) is 15.4. The second kappa shape index (κ2) is 6.73. The third-order valence-corrected chi connectivity index (χ3v) is 4.23. The lowest BCUT2D eigenvalue weighted by molar-refractivity contribution is -0.143. The van der Waals surface area contributed by atoms with Crippen LogP contribution in [0.15, 0.2) is 30.5 Å². The maximum absolute atomic E-state index is 13.5. The van der Waals surface area contributed by atoms with Gasteiger partial charge in [0.15, 0.2) is 0 Å². The molecular weight excluding hydrogens is 325 g/mol. The van der Waals surface area contributed by atoms with E-state index in [0.717, 1.165) is 6.42 Å². The summed E-state index contributed by atoms with van der Waals surface area (Å²) in [5.74, 6) is -1.77. The Balaban J connectivity index is 1.78. The van der Waals surface area contributed by atoms with Gasteiger partial charge in [-0.25, -0.2) is 4.39 Å². The summed E-state index contributed by atoms with van der Waals surface area (Å²) >= 11 is 0. The Hall–Kier alpha value is -3.21. The fourth-order valence-corrected chi connectivity index (χ4v) is 3.03. The molecule has 1 aromatic carbocycles. The van der Waals surface area contributed by atoms with Crippen molar-refractivity contribution in [2.45, 2.75) is 18.9 Å². The highest BCUT2D eigenvalue weighted by atomic mass is 19.1. The number of aryl methyl sites for hydroxylation is 1. The highest BCUT2D eigenvalue weighted by Crippen LogP contribution is 2.32. The molecule has 1 N–H and O–H groups in total. The van der Waals surface area contributed by atoms with Gasteiger partial charge in [0.1, 0.15) is 23.3 Å². The molecular formula is C17H16FN5O2. The topological polar surface area (TPSA) is 91.0 Å². The molecule has 2 heterocycles. The molecule has 0 bridgehead atoms. The Kier molecular flexibility index (Phi) is 4.48. The van der Waals surface area contributed by atoms with Gasteiger partial charge in [0.05, 0.1) is 12.2 Å². The highest BCUT2D eigenvalue weighted by Gasteiger charge is 2.34. The van der Waals surface area contributed by atoms with E-state index in [2.05, 4.69) is 10.4 Å². The van der Waals surface area contributed by atoms with Crippen LogP contribution in [0.3, 0.4) is 0 Å². The molecule has 0 spiro atoms. The van der Waals surface area contributed by atoms with Gasteiger partial charge in [0, 0.05) is 13.6 Å². The summed E-state index contributed by atoms with van der Waals surface area (Å²) < 4.78 is 14.8. The molecule has 1 aliphatic heterocycles. The van der Waals surface area contributed by atoms with Gasteiger partial charge in [-0.2, -0.15) is 10.4 Å². The van der Waals surface area contributed by atoms with Gasteiger partial charge in [-0.3, -0.25) is 14.3 Å². The molecule has 128 valence electrons. The smallest absolute Gasteiger partial charge is 0.315 e. The van der Waals surface area contributed by atoms with E-state index in [-0.39, 0.29) is 23.2 Å². The molecule has 1 aromatic heterocycles. The number of hydrogen-bond donors (Lipinski definition) is 1. The Morgan fingerprint density at radius 3 is 2.96 bits per heavy atom. The van der Waals surface area contributed by atoms with E-state index in [9.17, 15) is 14.0 Å². The number of carbonyl (C=O) groups excluding carboxylic acids is 2. The number of anilines is 1. The van der Waals surface area contributed by atoms with Crippen LogP contribution >= 0.6 is 0 Å². The molecule has 0 saturated carbocycles. The monoisotopic (exact) mass is 341 g/mol. The number of aromatic nitrogens is 2. The van der Waals surface area contributed by atoms with Crippen LogP contribution in [0, 0.1) is 17.1 Å². The van der Waals surface area contributed by atoms with Crippen molar-refractivity contribution in [2.24, 2.45) is 7.05 Å². The second-order valence-corrected chi connectivity index (χ2v) is 5.81. The van der Waals surface area contributed by atoms with Gasteiger partial charge in [-0.15, -0.1) is 0 Å². The molecule has 1 aliphatic rings. The standard InChI is InChI=1S/C17H16FN5O2/c1-22-15(12(9-19)10-20-22)21-16(24)17(25)23-7-3-6-14(23)11-4-2-5-13(18)8-11/h2,4-5,8,10,14H,3,6-7H2,1H3,(H,21,24)/t14-/m1/s1. The molecule has 25 heavy (non-hydrogen) atoms. The summed E-state index contributed by atoms with van der Waals surface area (Å²) in [5.41, 5.74) is 0.837. The number of nitrogens with zero attached hydrogens (tertiary/aromatic N) is 4. The first kappa shape index (κ1) is 16.6. The predicted molar refractivity (Wildman–Crippen MR) is 86.6 cm³/mol. The maximum Gasteiger partial charge on any atom is 0.315 e. The van der Waals surface area contributed by atoms with E-state index in [4.69, 9.17) is 5.26 Å². The minimum absolute atomic E-state index is 0.169. The average Bonchev–Trinajstić information content (AvgIpc) is 3.22. The van der Waals surface area contributed by atoms with Crippen molar-refractivity contribution < 1.29 is 14.0 Å². The van der Waals surface area contributed by atoms with Gasteiger partial charge >= 0.3 is 11.8 Å². The fourth-order valence-electron chi connectivity index (χ4n) is 3.03. The number of nitriles is 1. The third kappa shape index (κ3) is 3.21. The number of rotatable bonds is 2. The van der Waals surface area contributed by atoms with Crippen LogP contribution in [0.5, 0.6) is 0 Å². The molecule has 1 saturated heterocycles. The van der Waals surface area contributed by atoms with Crippen molar-refractivity contribution >= 4 is 17.6 Å². The zero-order valence-corrected chi connectivity index (χ0v) is 13.6. The van der Waals surface area contributed by atoms with E-state index >= 15 is 0 Å². The quantitative estimate of drug-likeness (QED) is 0.842. The molecule has 0 unspecified atom stereocenters. The normalized spacial score (nSPS) is 16.5. The number of likely N-dealkylation sites (tertiary alicyclic amines) is 1. The van der Waals surface area contributed by atoms with Crippen molar-refractivity contribution in [1.82, 2.24) is 14.7 Å². The van der Waals surface area contributed by atoms with Crippen molar-refractivity contribution in [1.29, 1.82) is 5.26 Å². The first-order chi connectivity index (χ1) is 12.0. The van der Waals surface area contributed by atoms with Gasteiger partial charge in [0.2, 0.25) is 0 Å². The minimum Gasteiger partial charge on any atom is -0.327 e. The van der Waals surface area contributed by atoms with Crippen LogP contribution in [-0.4, -0.2) is 33.0 Å². The zero-order valence-electron chi connectivity index (χ0n) is 13.6. The number of hydrogen-bond acceptors (Lipinski definition) is 4. The Morgan fingerprint density at radius 2 is 2.24 bits per heavy atom. The van der Waals surface area contributed by atoms with E-state index in [1.807, 2.05) is 6.07 Å². The van der Waals surface area contributed by atoms with Crippen molar-refractivity contribution in [3.63, 3.8) is 0 Å². The van der Waals surface area contributed by atoms with Gasteiger partial charge in [-0.1, -0.05) is 12.1 Å². The Bertz CT molecular complexity index is 870. The second-order valence-electron chi connectivity index (χ2n) is 5.81. The molecule has 0 radical (unpaired) electrons. The van der Waals surface area contributed by atoms with Crippen LogP contribution < -0.4 is 5.32 Å². The lowest BCUT2D eigenvalue weighted by atomic mass is 10.0. The number of carbonyl (C=O) groups is 2. The van der Waals surface area contributed by atoms with E-state index in [1.54, 1.807) is 19.2 Å². The lowest BCUT2D eigenvalue weighted by Crippen LogP contribution is -2.39. The number of benzene rings is 1. The maximum atomic E-state index is 13.5. The zero-order chi connectivity index (χ0) is 18.0. The summed E-state index contributed by atoms with van der Waals surface area (Å²) in [6.07, 6.45) is 2.71. The largest absolute Gasteiger partial charge is 0.327 e. The number of amides is 2. The molecule has 7 nitrogen and oxygen atoms in total. The molecule has 1 fully saturated rings. The van der Waals surface area contributed by atoms with Gasteiger partial charge in [-0.05, 0) is 30.5 Å². The summed E-state index contributed by atoms with van der Waals surface area (Å²) in [6, 6.07) is 7.61. The molecule has 3 rings (SSSR count). The Morgan fingerprint density at radius 1 is 1.44 bits per heavy atom. The van der Waals surface area contributed by atoms with E-state index < -0.39 is 11.8 Å². The van der Waals surface area contributed by atoms with Crippen LogP contribution in [-0.2, 0) is 16.6 Å². The van der Waals surface area contributed by atoms with Crippen molar-refractivity contribution in [3.8, 4) is 6.07 Å². The molecule has 2 aromatic rings. The third-order valence-electron chi connectivity index (χ3n) is 4.23. The summed E-state index contributed by atoms with van der Waals surface area (Å²) in [6.45, 7) is 0.421. The van der Waals surface area contributed by atoms with Crippen molar-refractivity contribution in [3.05, 3.63) is 47.4 Å². The van der Waals surface area contributed by atoms with E-state index in [0.29, 0.717) is 18.5 Å². The molecule has 8 heteroatoms.